The van der Waals surface area contributed by atoms with Crippen LogP contribution >= 0.6 is 39.1 Å². The van der Waals surface area contributed by atoms with Gasteiger partial charge in [-0.05, 0) is 25.0 Å². The Labute approximate surface area is 143 Å². The summed E-state index contributed by atoms with van der Waals surface area (Å²) in [6.45, 7) is 0.352. The van der Waals surface area contributed by atoms with Gasteiger partial charge in [0.15, 0.2) is 0 Å². The Hall–Kier alpha value is -0.290. The van der Waals surface area contributed by atoms with Crippen LogP contribution in [0.1, 0.15) is 38.5 Å². The third-order valence-electron chi connectivity index (χ3n) is 4.18. The average Bonchev–Trinajstić information content (AvgIpc) is 2.68. The second-order valence-electron chi connectivity index (χ2n) is 5.60. The molecule has 0 atom stereocenters. The smallest absolute Gasteiger partial charge is 0.231 e. The maximum Gasteiger partial charge on any atom is 0.231 e. The lowest BCUT2D eigenvalue weighted by molar-refractivity contribution is -0.125. The van der Waals surface area contributed by atoms with Crippen molar-refractivity contribution in [3.8, 4) is 0 Å². The molecule has 0 bridgehead atoms. The van der Waals surface area contributed by atoms with Crippen molar-refractivity contribution in [2.24, 2.45) is 11.1 Å². The third-order valence-corrected chi connectivity index (χ3v) is 5.23. The van der Waals surface area contributed by atoms with E-state index < -0.39 is 5.41 Å². The van der Waals surface area contributed by atoms with Crippen LogP contribution in [0.25, 0.3) is 0 Å². The highest BCUT2D eigenvalue weighted by Gasteiger charge is 2.37. The van der Waals surface area contributed by atoms with Crippen molar-refractivity contribution in [2.75, 3.05) is 11.9 Å². The van der Waals surface area contributed by atoms with Crippen molar-refractivity contribution in [3.63, 3.8) is 0 Å². The molecular weight excluding hydrogens is 375 g/mol. The van der Waals surface area contributed by atoms with E-state index in [9.17, 15) is 4.79 Å². The van der Waals surface area contributed by atoms with E-state index >= 15 is 0 Å². The number of benzene rings is 1. The lowest BCUT2D eigenvalue weighted by Crippen LogP contribution is -2.42. The summed E-state index contributed by atoms with van der Waals surface area (Å²) in [5.74, 6) is -0.0713. The van der Waals surface area contributed by atoms with Crippen molar-refractivity contribution in [3.05, 3.63) is 26.7 Å². The molecule has 0 aromatic heterocycles. The Balaban J connectivity index is 2.23. The van der Waals surface area contributed by atoms with E-state index in [1.807, 2.05) is 0 Å². The second kappa shape index (κ2) is 7.32. The number of nitrogens with one attached hydrogen (secondary N) is 1. The van der Waals surface area contributed by atoms with Crippen LogP contribution in [0.15, 0.2) is 16.6 Å². The first-order valence-corrected chi connectivity index (χ1v) is 8.69. The molecule has 1 amide bonds. The molecule has 0 unspecified atom stereocenters. The van der Waals surface area contributed by atoms with Crippen molar-refractivity contribution in [1.29, 1.82) is 0 Å². The molecule has 0 radical (unpaired) electrons. The summed E-state index contributed by atoms with van der Waals surface area (Å²) in [5.41, 5.74) is 5.89. The Morgan fingerprint density at radius 3 is 2.19 bits per heavy atom. The third kappa shape index (κ3) is 3.92. The van der Waals surface area contributed by atoms with Gasteiger partial charge in [-0.2, -0.15) is 0 Å². The number of hydrogen-bond donors (Lipinski definition) is 2. The Morgan fingerprint density at radius 1 is 1.19 bits per heavy atom. The van der Waals surface area contributed by atoms with E-state index in [2.05, 4.69) is 21.2 Å². The number of rotatable bonds is 3. The molecule has 3 N–H and O–H groups in total. The lowest BCUT2D eigenvalue weighted by atomic mass is 9.79. The number of carbonyl (C=O) groups is 1. The Kier molecular flexibility index (Phi) is 5.95. The number of carbonyl (C=O) groups excluding carboxylic acids is 1. The second-order valence-corrected chi connectivity index (χ2v) is 7.33. The molecule has 0 saturated heterocycles. The fourth-order valence-corrected chi connectivity index (χ4v) is 4.14. The number of amides is 1. The highest BCUT2D eigenvalue weighted by atomic mass is 79.9. The number of nitrogens with two attached hydrogens (primary N) is 1. The van der Waals surface area contributed by atoms with Crippen LogP contribution in [-0.4, -0.2) is 12.5 Å². The van der Waals surface area contributed by atoms with Crippen LogP contribution in [0.3, 0.4) is 0 Å². The van der Waals surface area contributed by atoms with Gasteiger partial charge in [0.1, 0.15) is 0 Å². The molecule has 0 heterocycles. The maximum absolute atomic E-state index is 12.7. The first-order valence-electron chi connectivity index (χ1n) is 7.14. The minimum atomic E-state index is -0.504. The summed E-state index contributed by atoms with van der Waals surface area (Å²) in [6, 6.07) is 3.43. The standard InChI is InChI=1S/C15H19BrCl2N2O/c16-10-7-11(17)13(12(18)8-10)20-14(21)15(9-19)5-3-1-2-4-6-15/h7-8H,1-6,9,19H2,(H,20,21). The van der Waals surface area contributed by atoms with Gasteiger partial charge in [-0.15, -0.1) is 0 Å². The topological polar surface area (TPSA) is 55.1 Å². The van der Waals surface area contributed by atoms with E-state index in [4.69, 9.17) is 28.9 Å². The van der Waals surface area contributed by atoms with E-state index in [0.717, 1.165) is 43.0 Å². The molecule has 1 aliphatic rings. The molecule has 6 heteroatoms. The summed E-state index contributed by atoms with van der Waals surface area (Å²) in [7, 11) is 0. The number of hydrogen-bond acceptors (Lipinski definition) is 2. The Morgan fingerprint density at radius 2 is 1.71 bits per heavy atom. The average molecular weight is 394 g/mol. The molecule has 116 valence electrons. The zero-order chi connectivity index (χ0) is 15.5. The Bertz CT molecular complexity index is 505. The lowest BCUT2D eigenvalue weighted by Gasteiger charge is -2.30. The van der Waals surface area contributed by atoms with Gasteiger partial charge in [-0.25, -0.2) is 0 Å². The van der Waals surface area contributed by atoms with Crippen LogP contribution in [0.2, 0.25) is 10.0 Å². The van der Waals surface area contributed by atoms with Gasteiger partial charge in [-0.3, -0.25) is 4.79 Å². The molecule has 21 heavy (non-hydrogen) atoms. The summed E-state index contributed by atoms with van der Waals surface area (Å²) in [4.78, 5) is 12.7. The van der Waals surface area contributed by atoms with Gasteiger partial charge in [-0.1, -0.05) is 64.8 Å². The normalized spacial score (nSPS) is 18.1. The van der Waals surface area contributed by atoms with E-state index in [1.165, 1.54) is 0 Å². The van der Waals surface area contributed by atoms with Crippen LogP contribution in [-0.2, 0) is 4.79 Å². The van der Waals surface area contributed by atoms with Crippen LogP contribution in [0, 0.1) is 5.41 Å². The molecule has 3 nitrogen and oxygen atoms in total. The number of anilines is 1. The van der Waals surface area contributed by atoms with Crippen LogP contribution in [0.4, 0.5) is 5.69 Å². The minimum Gasteiger partial charge on any atom is -0.329 e. The van der Waals surface area contributed by atoms with Gasteiger partial charge in [0.2, 0.25) is 5.91 Å². The highest BCUT2D eigenvalue weighted by molar-refractivity contribution is 9.10. The number of halogens is 3. The van der Waals surface area contributed by atoms with Gasteiger partial charge in [0.25, 0.3) is 0 Å². The molecule has 1 aromatic rings. The fourth-order valence-electron chi connectivity index (χ4n) is 2.84. The van der Waals surface area contributed by atoms with Gasteiger partial charge in [0.05, 0.1) is 21.1 Å². The van der Waals surface area contributed by atoms with Crippen LogP contribution in [0.5, 0.6) is 0 Å². The van der Waals surface area contributed by atoms with E-state index in [0.29, 0.717) is 22.3 Å². The molecule has 0 spiro atoms. The largest absolute Gasteiger partial charge is 0.329 e. The van der Waals surface area contributed by atoms with E-state index in [1.54, 1.807) is 12.1 Å². The maximum atomic E-state index is 12.7. The highest BCUT2D eigenvalue weighted by Crippen LogP contribution is 2.38. The molecule has 1 saturated carbocycles. The first-order chi connectivity index (χ1) is 9.98. The summed E-state index contributed by atoms with van der Waals surface area (Å²) in [6.07, 6.45) is 6.03. The molecule has 1 fully saturated rings. The van der Waals surface area contributed by atoms with Gasteiger partial charge < -0.3 is 11.1 Å². The van der Waals surface area contributed by atoms with Crippen molar-refractivity contribution >= 4 is 50.7 Å². The van der Waals surface area contributed by atoms with Gasteiger partial charge in [0, 0.05) is 11.0 Å². The first kappa shape index (κ1) is 17.1. The summed E-state index contributed by atoms with van der Waals surface area (Å²) < 4.78 is 0.776. The summed E-state index contributed by atoms with van der Waals surface area (Å²) in [5, 5.41) is 3.73. The van der Waals surface area contributed by atoms with Crippen molar-refractivity contribution < 1.29 is 4.79 Å². The predicted octanol–water partition coefficient (Wildman–Crippen LogP) is 4.99. The molecule has 1 aliphatic carbocycles. The SMILES string of the molecule is NCC1(C(=O)Nc2c(Cl)cc(Br)cc2Cl)CCCCCC1. The fraction of sp³-hybridized carbons (Fsp3) is 0.533. The quantitative estimate of drug-likeness (QED) is 0.710. The molecule has 1 aromatic carbocycles. The summed E-state index contributed by atoms with van der Waals surface area (Å²) >= 11 is 15.7. The molecule has 2 rings (SSSR count). The molecule has 0 aliphatic heterocycles. The monoisotopic (exact) mass is 392 g/mol. The van der Waals surface area contributed by atoms with Gasteiger partial charge >= 0.3 is 0 Å². The zero-order valence-electron chi connectivity index (χ0n) is 11.7. The van der Waals surface area contributed by atoms with Crippen molar-refractivity contribution in [1.82, 2.24) is 0 Å². The molecular formula is C15H19BrCl2N2O. The van der Waals surface area contributed by atoms with Crippen molar-refractivity contribution in [2.45, 2.75) is 38.5 Å². The zero-order valence-corrected chi connectivity index (χ0v) is 14.8. The van der Waals surface area contributed by atoms with Crippen LogP contribution < -0.4 is 11.1 Å². The minimum absolute atomic E-state index is 0.0713. The van der Waals surface area contributed by atoms with E-state index in [-0.39, 0.29) is 5.91 Å². The predicted molar refractivity (Wildman–Crippen MR) is 92.0 cm³/mol.